The Balaban J connectivity index is 0.000000305. The molecule has 19 atom stereocenters. The number of alkyl halides is 2. The summed E-state index contributed by atoms with van der Waals surface area (Å²) in [5.74, 6) is -6.07. The first-order valence-corrected chi connectivity index (χ1v) is 39.0. The number of aliphatic hydroxyl groups excluding tert-OH is 1. The summed E-state index contributed by atoms with van der Waals surface area (Å²) in [5, 5.41) is 22.7. The summed E-state index contributed by atoms with van der Waals surface area (Å²) in [7, 11) is 7.94. The molecule has 2 heterocycles. The molecule has 25 heteroatoms. The molecule has 7 fully saturated rings. The van der Waals surface area contributed by atoms with Gasteiger partial charge in [-0.15, -0.1) is 50.0 Å². The van der Waals surface area contributed by atoms with Gasteiger partial charge in [0.2, 0.25) is 6.29 Å². The maximum absolute atomic E-state index is 13.3. The van der Waals surface area contributed by atoms with E-state index in [1.807, 2.05) is 27.7 Å². The first-order valence-electron chi connectivity index (χ1n) is 25.4. The van der Waals surface area contributed by atoms with E-state index in [1.54, 1.807) is 12.2 Å². The SMILES string of the molecule is C.C=CC(=C)[C@@H]1C[C@@H](OC(=O)CCl)[C@]2(C)[C@H](C)CC[C@]3(C[C@H](O)C(=O)[C@]32O)[C@H]1C.C=CC(=C)[C@@H]1C[C@@H](OC(=O)CCl)[C@]2(C)[C@H](C)CC[C@]3(C[C@H]4OC(=O)[C@]32O4)[C@H]1C.CC(=O)[O][Pb]([O]C(C)=O)([O]C(C)=O)[O]C(C)=O.PP(P)P. The van der Waals surface area contributed by atoms with Crippen LogP contribution in [0.5, 0.6) is 0 Å². The fourth-order valence-corrected chi connectivity index (χ4v) is 21.0. The van der Waals surface area contributed by atoms with Crippen LogP contribution < -0.4 is 0 Å². The quantitative estimate of drug-likeness (QED) is 0.0461. The van der Waals surface area contributed by atoms with Gasteiger partial charge in [-0.1, -0.05) is 98.6 Å². The monoisotopic (exact) mass is 1410 g/mol. The molecule has 0 aromatic carbocycles. The van der Waals surface area contributed by atoms with E-state index in [2.05, 4.69) is 77.7 Å². The Labute approximate surface area is 485 Å². The number of rotatable bonds is 12. The summed E-state index contributed by atoms with van der Waals surface area (Å²) in [6.45, 7) is 32.4. The molecule has 6 bridgehead atoms. The number of Topliss-reactive ketones (excluding diaryl/α,β-unsaturated/α-hetero) is 1. The largest absolute Gasteiger partial charge is 0.103 e. The molecule has 2 aliphatic heterocycles. The van der Waals surface area contributed by atoms with Crippen molar-refractivity contribution in [2.45, 2.75) is 164 Å². The van der Waals surface area contributed by atoms with E-state index >= 15 is 0 Å². The summed E-state index contributed by atoms with van der Waals surface area (Å²) >= 11 is 6.04. The van der Waals surface area contributed by atoms with Gasteiger partial charge in [0.05, 0.1) is 0 Å². The number of halogens is 2. The van der Waals surface area contributed by atoms with Crippen LogP contribution in [0.4, 0.5) is 0 Å². The van der Waals surface area contributed by atoms with Gasteiger partial charge >= 0.3 is 122 Å². The maximum Gasteiger partial charge on any atom is -0.0500 e. The van der Waals surface area contributed by atoms with Crippen LogP contribution in [0.25, 0.3) is 0 Å². The van der Waals surface area contributed by atoms with Crippen molar-refractivity contribution in [1.82, 2.24) is 0 Å². The van der Waals surface area contributed by atoms with Gasteiger partial charge in [0.1, 0.15) is 35.7 Å². The van der Waals surface area contributed by atoms with E-state index in [0.717, 1.165) is 58.1 Å². The van der Waals surface area contributed by atoms with Gasteiger partial charge in [-0.05, 0) is 87.4 Å². The predicted molar refractivity (Wildman–Crippen MR) is 307 cm³/mol. The molecule has 0 amide bonds. The molecule has 0 aromatic heterocycles. The standard InChI is InChI=1S/C22H29ClO5.C22H31ClO5.4C2H4O2.CH4.H6P4.Pb/c1-6-12(2)15-9-16(26-17(24)11-23)20(5)13(3)7-8-21(14(15)4)10-18-27-19(25)22(20,21)28-18;1-6-12(2)15-9-17(28-18(25)11-23)20(5)13(3)7-8-21(14(15)4)10-16(24)19(26)22(20,21)27;4*1-2(3)4;;1-4(2)3;/h6,13-16,18H,1-2,7-11H2,3-5H3;6,13-17,24,27H,1-2,7-11H2,3-5H3;4*1H3,(H,3,4);1H4;1-3H2;/q;;;;;;;;+4/p-4/t13-,14+,15+,16-,18+,20+,21+,22-;13-,14+,15+,16+,17-,20+,21+,22-;;;;;;;/m11......./s1. The van der Waals surface area contributed by atoms with Gasteiger partial charge in [0.25, 0.3) is 0 Å². The molecule has 0 aromatic rings. The molecule has 2 saturated heterocycles. The van der Waals surface area contributed by atoms with Crippen LogP contribution in [0.1, 0.15) is 128 Å². The van der Waals surface area contributed by atoms with Gasteiger partial charge in [-0.3, -0.25) is 14.4 Å². The zero-order valence-electron chi connectivity index (χ0n) is 45.7. The maximum atomic E-state index is 13.3. The average Bonchev–Trinajstić information content (AvgIpc) is 3.92. The van der Waals surface area contributed by atoms with Crippen molar-refractivity contribution in [3.63, 3.8) is 0 Å². The summed E-state index contributed by atoms with van der Waals surface area (Å²) < 4.78 is 42.2. The summed E-state index contributed by atoms with van der Waals surface area (Å²) in [6, 6.07) is 0. The molecule has 0 radical (unpaired) electrons. The summed E-state index contributed by atoms with van der Waals surface area (Å²) in [5.41, 5.74) is -4.13. The number of ether oxygens (including phenoxy) is 4. The summed E-state index contributed by atoms with van der Waals surface area (Å²) in [4.78, 5) is 94.5. The van der Waals surface area contributed by atoms with Crippen molar-refractivity contribution in [2.75, 3.05) is 11.8 Å². The van der Waals surface area contributed by atoms with E-state index in [-0.39, 0.29) is 79.5 Å². The zero-order chi connectivity index (χ0) is 58.8. The van der Waals surface area contributed by atoms with E-state index in [0.29, 0.717) is 25.7 Å². The van der Waals surface area contributed by atoms with Crippen molar-refractivity contribution in [1.29, 1.82) is 0 Å². The Kier molecular flexibility index (Phi) is 24.5. The number of carbonyl (C=O) groups is 8. The van der Waals surface area contributed by atoms with E-state index in [9.17, 15) is 48.6 Å². The number of carbonyl (C=O) groups excluding carboxylic acids is 8. The van der Waals surface area contributed by atoms with Crippen molar-refractivity contribution in [3.8, 4) is 0 Å². The molecule has 440 valence electrons. The minimum absolute atomic E-state index is 0. The molecular weight excluding hydrogens is 1330 g/mol. The van der Waals surface area contributed by atoms with Gasteiger partial charge in [0.15, 0.2) is 11.4 Å². The van der Waals surface area contributed by atoms with Crippen molar-refractivity contribution >= 4 is 128 Å². The number of allylic oxidation sites excluding steroid dienone is 4. The smallest absolute Gasteiger partial charge is 0.0500 e. The molecule has 1 spiro atoms. The number of ketones is 1. The predicted octanol–water partition coefficient (Wildman–Crippen LogP) is 9.17. The minimum atomic E-state index is -5.43. The van der Waals surface area contributed by atoms with Crippen LogP contribution in [0.3, 0.4) is 0 Å². The number of hydrogen-bond acceptors (Lipinski definition) is 18. The number of esters is 3. The zero-order valence-corrected chi connectivity index (χ0v) is 55.4. The van der Waals surface area contributed by atoms with Crippen LogP contribution in [-0.2, 0) is 68.1 Å². The average molecular weight is 1410 g/mol. The Morgan fingerprint density at radius 2 is 1.09 bits per heavy atom. The van der Waals surface area contributed by atoms with Crippen molar-refractivity contribution < 1.29 is 78.3 Å². The number of fused-ring (bicyclic) bond motifs is 1. The van der Waals surface area contributed by atoms with Crippen LogP contribution in [0.2, 0.25) is 0 Å². The second-order valence-electron chi connectivity index (χ2n) is 21.8. The van der Waals surface area contributed by atoms with Crippen LogP contribution in [0, 0.1) is 57.2 Å². The Morgan fingerprint density at radius 3 is 1.46 bits per heavy atom. The molecule has 7 aliphatic rings. The Morgan fingerprint density at radius 1 is 0.718 bits per heavy atom. The van der Waals surface area contributed by atoms with E-state index in [1.165, 1.54) is 0 Å². The molecule has 5 saturated carbocycles. The minimum Gasteiger partial charge on any atom is -0.103 e. The number of aliphatic hydroxyl groups is 2. The van der Waals surface area contributed by atoms with E-state index < -0.39 is 117 Å². The molecule has 5 aliphatic carbocycles. The molecular formula is C53H82Cl2O18P4Pb. The van der Waals surface area contributed by atoms with Gasteiger partial charge < -0.3 is 29.2 Å². The first kappa shape index (κ1) is 70.3. The van der Waals surface area contributed by atoms with Crippen molar-refractivity contribution in [2.24, 2.45) is 57.2 Å². The third kappa shape index (κ3) is 12.6. The summed E-state index contributed by atoms with van der Waals surface area (Å²) in [6.07, 6.45) is 5.57. The van der Waals surface area contributed by atoms with E-state index in [4.69, 9.17) is 42.1 Å². The fraction of sp³-hybridized carbons (Fsp3) is 0.698. The molecule has 78 heavy (non-hydrogen) atoms. The Bertz CT molecular complexity index is 2280. The van der Waals surface area contributed by atoms with Gasteiger partial charge in [-0.25, -0.2) is 4.79 Å². The van der Waals surface area contributed by atoms with Gasteiger partial charge in [0, 0.05) is 28.1 Å². The third-order valence-corrected chi connectivity index (χ3v) is 27.0. The molecule has 18 nitrogen and oxygen atoms in total. The topological polar surface area (TPSA) is 251 Å². The normalized spacial score (nSPS) is 37.4. The van der Waals surface area contributed by atoms with Crippen LogP contribution in [-0.4, -0.2) is 128 Å². The second-order valence-corrected chi connectivity index (χ2v) is 41.0. The second kappa shape index (κ2) is 27.2. The fourth-order valence-electron chi connectivity index (χ4n) is 14.4. The number of hydrogen-bond donors (Lipinski definition) is 2. The molecule has 2 N–H and O–H groups in total. The molecule has 3 unspecified atom stereocenters. The van der Waals surface area contributed by atoms with Gasteiger partial charge in [-0.2, -0.15) is 0 Å². The first-order chi connectivity index (χ1) is 35.6. The molecule has 7 rings (SSSR count). The van der Waals surface area contributed by atoms with Crippen LogP contribution in [0.15, 0.2) is 49.6 Å². The third-order valence-electron chi connectivity index (χ3n) is 18.2. The Hall–Kier alpha value is -1.98. The van der Waals surface area contributed by atoms with Crippen molar-refractivity contribution in [3.05, 3.63) is 49.6 Å². The van der Waals surface area contributed by atoms with Crippen LogP contribution >= 0.6 is 57.0 Å².